The van der Waals surface area contributed by atoms with Crippen molar-refractivity contribution in [2.24, 2.45) is 34.5 Å². The molecule has 1 saturated heterocycles. The smallest absolute Gasteiger partial charge is 0.307 e. The lowest BCUT2D eigenvalue weighted by Gasteiger charge is -2.59. The summed E-state index contributed by atoms with van der Waals surface area (Å²) in [7, 11) is 2.24. The van der Waals surface area contributed by atoms with E-state index < -0.39 is 5.97 Å². The van der Waals surface area contributed by atoms with Gasteiger partial charge in [-0.15, -0.1) is 0 Å². The third kappa shape index (κ3) is 2.22. The first-order valence-corrected chi connectivity index (χ1v) is 10.8. The lowest BCUT2D eigenvalue weighted by Crippen LogP contribution is -2.61. The van der Waals surface area contributed by atoms with E-state index in [1.807, 2.05) is 0 Å². The van der Waals surface area contributed by atoms with Crippen LogP contribution in [0.1, 0.15) is 52.4 Å². The van der Waals surface area contributed by atoms with Crippen LogP contribution in [-0.2, 0) is 9.53 Å². The highest BCUT2D eigenvalue weighted by Gasteiger charge is 2.68. The van der Waals surface area contributed by atoms with E-state index in [1.54, 1.807) is 11.1 Å². The van der Waals surface area contributed by atoms with Gasteiger partial charge >= 0.3 is 5.97 Å². The molecule has 4 nitrogen and oxygen atoms in total. The molecular formula is C23H33NO3. The number of hydrogen-bond acceptors (Lipinski definition) is 3. The average molecular weight is 372 g/mol. The molecule has 0 aromatic carbocycles. The van der Waals surface area contributed by atoms with Crippen LogP contribution in [0.2, 0.25) is 0 Å². The monoisotopic (exact) mass is 371 g/mol. The van der Waals surface area contributed by atoms with Crippen molar-refractivity contribution in [3.8, 4) is 0 Å². The fraction of sp³-hybridized carbons (Fsp3) is 0.783. The standard InChI is InChI=1S/C23H33NO3/c1-14(2)19-8-9-22(13-27-19)16-6-4-15-5-7-17-18(21(25)26)10-23(22,20(15)17)12-24(3)11-16/h8,14,16-18H,4-7,9-13H2,1-3H3,(H,25,26)/t16-,17?,18-,22+,23-/m0/s1. The number of piperidine rings is 1. The van der Waals surface area contributed by atoms with Crippen molar-refractivity contribution < 1.29 is 14.6 Å². The zero-order valence-corrected chi connectivity index (χ0v) is 17.0. The first-order valence-electron chi connectivity index (χ1n) is 10.8. The summed E-state index contributed by atoms with van der Waals surface area (Å²) in [4.78, 5) is 14.7. The largest absolute Gasteiger partial charge is 0.497 e. The Morgan fingerprint density at radius 3 is 2.78 bits per heavy atom. The summed E-state index contributed by atoms with van der Waals surface area (Å²) in [5, 5.41) is 10.0. The second-order valence-electron chi connectivity index (χ2n) is 10.2. The van der Waals surface area contributed by atoms with Crippen molar-refractivity contribution in [3.63, 3.8) is 0 Å². The Kier molecular flexibility index (Phi) is 3.86. The van der Waals surface area contributed by atoms with Crippen molar-refractivity contribution in [2.75, 3.05) is 26.7 Å². The minimum absolute atomic E-state index is 0.000265. The van der Waals surface area contributed by atoms with Gasteiger partial charge in [-0.25, -0.2) is 0 Å². The number of nitrogens with zero attached hydrogens (tertiary/aromatic N) is 1. The Morgan fingerprint density at radius 1 is 1.33 bits per heavy atom. The lowest BCUT2D eigenvalue weighted by atomic mass is 9.51. The molecule has 5 aliphatic rings. The van der Waals surface area contributed by atoms with Crippen LogP contribution in [0.15, 0.2) is 23.0 Å². The molecule has 5 atom stereocenters. The maximum Gasteiger partial charge on any atom is 0.307 e. The van der Waals surface area contributed by atoms with Gasteiger partial charge < -0.3 is 14.7 Å². The van der Waals surface area contributed by atoms with E-state index in [9.17, 15) is 9.90 Å². The zero-order chi connectivity index (χ0) is 19.0. The molecule has 2 heterocycles. The predicted octanol–water partition coefficient (Wildman–Crippen LogP) is 4.09. The molecule has 0 radical (unpaired) electrons. The highest BCUT2D eigenvalue weighted by atomic mass is 16.5. The molecule has 4 heteroatoms. The Balaban J connectivity index is 1.67. The fourth-order valence-electron chi connectivity index (χ4n) is 7.71. The molecule has 2 spiro atoms. The SMILES string of the molecule is CC(C)C1=CC[C@@]2(CO1)[C@H]1CCC3=C4C(CC3)[C@@H](C(=O)O)C[C@]42CN(C)C1. The van der Waals surface area contributed by atoms with Crippen molar-refractivity contribution >= 4 is 5.97 Å². The molecule has 0 aromatic rings. The van der Waals surface area contributed by atoms with Gasteiger partial charge in [-0.05, 0) is 63.5 Å². The van der Waals surface area contributed by atoms with Gasteiger partial charge in [0, 0.05) is 29.8 Å². The first-order chi connectivity index (χ1) is 12.9. The van der Waals surface area contributed by atoms with Crippen molar-refractivity contribution in [1.82, 2.24) is 4.90 Å². The highest BCUT2D eigenvalue weighted by Crippen LogP contribution is 2.71. The maximum atomic E-state index is 12.2. The van der Waals surface area contributed by atoms with Gasteiger partial charge in [-0.1, -0.05) is 25.0 Å². The van der Waals surface area contributed by atoms with E-state index in [2.05, 4.69) is 31.9 Å². The van der Waals surface area contributed by atoms with Gasteiger partial charge in [-0.2, -0.15) is 0 Å². The molecule has 5 rings (SSSR count). The summed E-state index contributed by atoms with van der Waals surface area (Å²) < 4.78 is 6.42. The Labute approximate surface area is 162 Å². The second-order valence-corrected chi connectivity index (χ2v) is 10.2. The molecule has 0 amide bonds. The molecule has 148 valence electrons. The van der Waals surface area contributed by atoms with Gasteiger partial charge in [0.25, 0.3) is 0 Å². The maximum absolute atomic E-state index is 12.2. The summed E-state index contributed by atoms with van der Waals surface area (Å²) >= 11 is 0. The molecule has 2 fully saturated rings. The van der Waals surface area contributed by atoms with E-state index >= 15 is 0 Å². The molecule has 0 aromatic heterocycles. The number of carboxylic acid groups (broad SMARTS) is 1. The second kappa shape index (κ2) is 5.85. The van der Waals surface area contributed by atoms with Crippen LogP contribution in [0.4, 0.5) is 0 Å². The molecule has 1 saturated carbocycles. The van der Waals surface area contributed by atoms with Crippen molar-refractivity contribution in [3.05, 3.63) is 23.0 Å². The number of aliphatic carboxylic acids is 1. The minimum Gasteiger partial charge on any atom is -0.497 e. The summed E-state index contributed by atoms with van der Waals surface area (Å²) in [6.45, 7) is 7.32. The topological polar surface area (TPSA) is 49.8 Å². The minimum atomic E-state index is -0.578. The molecule has 1 unspecified atom stereocenters. The van der Waals surface area contributed by atoms with E-state index in [4.69, 9.17) is 4.74 Å². The highest BCUT2D eigenvalue weighted by molar-refractivity contribution is 5.73. The molecular weight excluding hydrogens is 338 g/mol. The summed E-state index contributed by atoms with van der Waals surface area (Å²) in [6, 6.07) is 0. The molecule has 3 aliphatic carbocycles. The van der Waals surface area contributed by atoms with E-state index in [1.165, 1.54) is 12.8 Å². The number of hydrogen-bond donors (Lipinski definition) is 1. The third-order valence-corrected chi connectivity index (χ3v) is 8.73. The summed E-state index contributed by atoms with van der Waals surface area (Å²) in [5.74, 6) is 1.66. The number of carbonyl (C=O) groups is 1. The van der Waals surface area contributed by atoms with Crippen molar-refractivity contribution in [2.45, 2.75) is 52.4 Å². The van der Waals surface area contributed by atoms with Crippen LogP contribution in [0, 0.1) is 34.5 Å². The summed E-state index contributed by atoms with van der Waals surface area (Å²) in [5.41, 5.74) is 3.29. The lowest BCUT2D eigenvalue weighted by molar-refractivity contribution is -0.146. The van der Waals surface area contributed by atoms with Gasteiger partial charge in [0.15, 0.2) is 0 Å². The van der Waals surface area contributed by atoms with Crippen LogP contribution in [-0.4, -0.2) is 42.7 Å². The Bertz CT molecular complexity index is 738. The van der Waals surface area contributed by atoms with Gasteiger partial charge in [0.2, 0.25) is 0 Å². The summed E-state index contributed by atoms with van der Waals surface area (Å²) in [6.07, 6.45) is 8.85. The van der Waals surface area contributed by atoms with Gasteiger partial charge in [0.05, 0.1) is 18.3 Å². The molecule has 2 bridgehead atoms. The van der Waals surface area contributed by atoms with E-state index in [0.29, 0.717) is 11.8 Å². The number of likely N-dealkylation sites (tertiary alicyclic amines) is 1. The van der Waals surface area contributed by atoms with E-state index in [-0.39, 0.29) is 22.7 Å². The number of rotatable bonds is 2. The van der Waals surface area contributed by atoms with E-state index in [0.717, 1.165) is 51.1 Å². The number of carboxylic acids is 1. The quantitative estimate of drug-likeness (QED) is 0.743. The van der Waals surface area contributed by atoms with Crippen LogP contribution in [0.3, 0.4) is 0 Å². The number of ether oxygens (including phenoxy) is 1. The normalized spacial score (nSPS) is 43.6. The molecule has 2 aliphatic heterocycles. The van der Waals surface area contributed by atoms with Crippen LogP contribution < -0.4 is 0 Å². The van der Waals surface area contributed by atoms with Crippen molar-refractivity contribution in [1.29, 1.82) is 0 Å². The molecule has 27 heavy (non-hydrogen) atoms. The Hall–Kier alpha value is -1.29. The van der Waals surface area contributed by atoms with Gasteiger partial charge in [0.1, 0.15) is 0 Å². The zero-order valence-electron chi connectivity index (χ0n) is 17.0. The average Bonchev–Trinajstić information content (AvgIpc) is 3.16. The van der Waals surface area contributed by atoms with Gasteiger partial charge in [-0.3, -0.25) is 4.79 Å². The number of allylic oxidation sites excluding steroid dienone is 3. The van der Waals surface area contributed by atoms with Crippen LogP contribution in [0.25, 0.3) is 0 Å². The molecule has 1 N–H and O–H groups in total. The first kappa shape index (κ1) is 17.8. The Morgan fingerprint density at radius 2 is 2.11 bits per heavy atom. The fourth-order valence-corrected chi connectivity index (χ4v) is 7.71. The van der Waals surface area contributed by atoms with Crippen LogP contribution in [0.5, 0.6) is 0 Å². The predicted molar refractivity (Wildman–Crippen MR) is 104 cm³/mol. The third-order valence-electron chi connectivity index (χ3n) is 8.73. The van der Waals surface area contributed by atoms with Crippen LogP contribution >= 0.6 is 0 Å².